The molecule has 0 aromatic heterocycles. The third kappa shape index (κ3) is 3.15. The highest BCUT2D eigenvalue weighted by atomic mass is 16.2. The molecule has 0 saturated heterocycles. The fourth-order valence-electron chi connectivity index (χ4n) is 4.03. The van der Waals surface area contributed by atoms with Gasteiger partial charge in [0.1, 0.15) is 0 Å². The van der Waals surface area contributed by atoms with Gasteiger partial charge in [-0.05, 0) is 22.3 Å². The van der Waals surface area contributed by atoms with Gasteiger partial charge in [-0.3, -0.25) is 29.8 Å². The van der Waals surface area contributed by atoms with Crippen molar-refractivity contribution in [3.05, 3.63) is 107 Å². The second-order valence-electron chi connectivity index (χ2n) is 7.38. The first-order chi connectivity index (χ1) is 15.5. The van der Waals surface area contributed by atoms with Crippen LogP contribution in [-0.4, -0.2) is 23.6 Å². The van der Waals surface area contributed by atoms with Crippen molar-refractivity contribution in [2.24, 2.45) is 0 Å². The molecule has 3 aromatic rings. The zero-order valence-electron chi connectivity index (χ0n) is 16.7. The average molecular weight is 420 g/mol. The molecule has 0 unspecified atom stereocenters. The summed E-state index contributed by atoms with van der Waals surface area (Å²) in [7, 11) is 0. The van der Waals surface area contributed by atoms with Gasteiger partial charge >= 0.3 is 0 Å². The molecule has 32 heavy (non-hydrogen) atoms. The summed E-state index contributed by atoms with van der Waals surface area (Å²) >= 11 is 0. The Kier molecular flexibility index (Phi) is 4.60. The van der Waals surface area contributed by atoms with Gasteiger partial charge in [-0.2, -0.15) is 0 Å². The maximum absolute atomic E-state index is 12.5. The van der Waals surface area contributed by atoms with Crippen LogP contribution in [0.1, 0.15) is 22.3 Å². The van der Waals surface area contributed by atoms with Crippen molar-refractivity contribution in [1.82, 2.24) is 10.6 Å². The van der Waals surface area contributed by atoms with Crippen LogP contribution in [-0.2, 0) is 19.2 Å². The zero-order valence-corrected chi connectivity index (χ0v) is 16.7. The molecule has 2 aliphatic heterocycles. The van der Waals surface area contributed by atoms with Gasteiger partial charge in [0, 0.05) is 0 Å². The summed E-state index contributed by atoms with van der Waals surface area (Å²) in [5.74, 6) is -1.84. The molecule has 6 nitrogen and oxygen atoms in total. The van der Waals surface area contributed by atoms with Crippen LogP contribution in [0.2, 0.25) is 0 Å². The van der Waals surface area contributed by atoms with E-state index in [4.69, 9.17) is 0 Å². The molecule has 2 N–H and O–H groups in total. The minimum Gasteiger partial charge on any atom is -0.288 e. The first-order valence-electron chi connectivity index (χ1n) is 9.96. The smallest absolute Gasteiger partial charge is 0.259 e. The minimum atomic E-state index is -0.473. The van der Waals surface area contributed by atoms with Crippen molar-refractivity contribution in [3.8, 4) is 0 Å². The molecule has 154 valence electrons. The van der Waals surface area contributed by atoms with E-state index in [9.17, 15) is 19.2 Å². The number of carbonyl (C=O) groups excluding carboxylic acids is 4. The maximum atomic E-state index is 12.5. The summed E-state index contributed by atoms with van der Waals surface area (Å²) in [6, 6.07) is 24.7. The van der Waals surface area contributed by atoms with Crippen molar-refractivity contribution >= 4 is 45.9 Å². The third-order valence-corrected chi connectivity index (χ3v) is 5.45. The SMILES string of the molecule is O=C1NC(=O)C(c2ccc(C3=C(c4ccccc4)C(=O)NC3=O)cc2)=C1c1ccccc1. The highest BCUT2D eigenvalue weighted by molar-refractivity contribution is 6.50. The van der Waals surface area contributed by atoms with E-state index in [0.29, 0.717) is 33.4 Å². The van der Waals surface area contributed by atoms with E-state index >= 15 is 0 Å². The lowest BCUT2D eigenvalue weighted by Gasteiger charge is -2.08. The number of imide groups is 2. The van der Waals surface area contributed by atoms with Gasteiger partial charge in [0.15, 0.2) is 0 Å². The van der Waals surface area contributed by atoms with Gasteiger partial charge in [-0.15, -0.1) is 0 Å². The van der Waals surface area contributed by atoms with Crippen LogP contribution >= 0.6 is 0 Å². The number of rotatable bonds is 4. The molecule has 2 aliphatic rings. The number of carbonyl (C=O) groups is 4. The first kappa shape index (κ1) is 19.4. The van der Waals surface area contributed by atoms with Crippen LogP contribution in [0.25, 0.3) is 22.3 Å². The highest BCUT2D eigenvalue weighted by Crippen LogP contribution is 2.34. The molecular weight excluding hydrogens is 404 g/mol. The topological polar surface area (TPSA) is 92.3 Å². The summed E-state index contributed by atoms with van der Waals surface area (Å²) in [5.41, 5.74) is 3.54. The molecule has 0 spiro atoms. The number of hydrogen-bond donors (Lipinski definition) is 2. The standard InChI is InChI=1S/C26H16N2O4/c29-23-19(15-7-3-1-4-8-15)21(25(31)27-23)17-11-13-18(14-12-17)22-20(24(30)28-26(22)32)16-9-5-2-6-10-16/h1-14H,(H,27,29,31)(H,28,30,32). The van der Waals surface area contributed by atoms with Crippen LogP contribution in [0.15, 0.2) is 84.9 Å². The van der Waals surface area contributed by atoms with Crippen molar-refractivity contribution in [2.75, 3.05) is 0 Å². The Balaban J connectivity index is 1.61. The lowest BCUT2D eigenvalue weighted by molar-refractivity contribution is -0.124. The van der Waals surface area contributed by atoms with Gasteiger partial charge in [0.25, 0.3) is 23.6 Å². The average Bonchev–Trinajstić information content (AvgIpc) is 3.28. The van der Waals surface area contributed by atoms with Gasteiger partial charge < -0.3 is 0 Å². The summed E-state index contributed by atoms with van der Waals surface area (Å²) in [6.45, 7) is 0. The molecule has 0 radical (unpaired) electrons. The van der Waals surface area contributed by atoms with E-state index in [1.165, 1.54) is 0 Å². The van der Waals surface area contributed by atoms with Crippen molar-refractivity contribution in [3.63, 3.8) is 0 Å². The summed E-state index contributed by atoms with van der Waals surface area (Å²) < 4.78 is 0. The van der Waals surface area contributed by atoms with Crippen molar-refractivity contribution in [2.45, 2.75) is 0 Å². The molecule has 0 saturated carbocycles. The lowest BCUT2D eigenvalue weighted by atomic mass is 9.92. The van der Waals surface area contributed by atoms with Gasteiger partial charge in [-0.1, -0.05) is 84.9 Å². The Morgan fingerprint density at radius 3 is 0.875 bits per heavy atom. The van der Waals surface area contributed by atoms with Crippen LogP contribution < -0.4 is 10.6 Å². The Labute approximate surface area is 183 Å². The third-order valence-electron chi connectivity index (χ3n) is 5.45. The molecule has 0 bridgehead atoms. The number of amides is 4. The first-order valence-corrected chi connectivity index (χ1v) is 9.96. The van der Waals surface area contributed by atoms with E-state index < -0.39 is 23.6 Å². The lowest BCUT2D eigenvalue weighted by Crippen LogP contribution is -2.23. The second-order valence-corrected chi connectivity index (χ2v) is 7.38. The van der Waals surface area contributed by atoms with Gasteiger partial charge in [0.2, 0.25) is 0 Å². The molecule has 0 aliphatic carbocycles. The molecule has 3 aromatic carbocycles. The van der Waals surface area contributed by atoms with Crippen LogP contribution in [0.3, 0.4) is 0 Å². The summed E-state index contributed by atoms with van der Waals surface area (Å²) in [5, 5.41) is 4.71. The molecule has 2 heterocycles. The number of hydrogen-bond acceptors (Lipinski definition) is 4. The maximum Gasteiger partial charge on any atom is 0.259 e. The molecular formula is C26H16N2O4. The van der Waals surface area contributed by atoms with E-state index in [2.05, 4.69) is 10.6 Å². The van der Waals surface area contributed by atoms with Crippen LogP contribution in [0.4, 0.5) is 0 Å². The largest absolute Gasteiger partial charge is 0.288 e. The summed E-state index contributed by atoms with van der Waals surface area (Å²) in [4.78, 5) is 49.9. The molecule has 0 atom stereocenters. The second kappa shape index (κ2) is 7.59. The quantitative estimate of drug-likeness (QED) is 0.635. The monoisotopic (exact) mass is 420 g/mol. The van der Waals surface area contributed by atoms with Crippen molar-refractivity contribution < 1.29 is 19.2 Å². The van der Waals surface area contributed by atoms with E-state index in [-0.39, 0.29) is 11.1 Å². The predicted octanol–water partition coefficient (Wildman–Crippen LogP) is 2.82. The van der Waals surface area contributed by atoms with Gasteiger partial charge in [0.05, 0.1) is 22.3 Å². The van der Waals surface area contributed by atoms with Gasteiger partial charge in [-0.25, -0.2) is 0 Å². The van der Waals surface area contributed by atoms with Crippen LogP contribution in [0, 0.1) is 0 Å². The number of benzene rings is 3. The Hall–Kier alpha value is -4.58. The molecule has 4 amide bonds. The fourth-order valence-corrected chi connectivity index (χ4v) is 4.03. The normalized spacial score (nSPS) is 16.0. The Morgan fingerprint density at radius 2 is 0.594 bits per heavy atom. The zero-order chi connectivity index (χ0) is 22.2. The molecule has 0 fully saturated rings. The van der Waals surface area contributed by atoms with E-state index in [1.54, 1.807) is 72.8 Å². The fraction of sp³-hybridized carbons (Fsp3) is 0. The highest BCUT2D eigenvalue weighted by Gasteiger charge is 2.34. The molecule has 6 heteroatoms. The van der Waals surface area contributed by atoms with E-state index in [0.717, 1.165) is 0 Å². The number of nitrogens with one attached hydrogen (secondary N) is 2. The molecule has 5 rings (SSSR count). The Morgan fingerprint density at radius 1 is 0.344 bits per heavy atom. The minimum absolute atomic E-state index is 0.275. The predicted molar refractivity (Wildman–Crippen MR) is 119 cm³/mol. The Bertz CT molecular complexity index is 1250. The summed E-state index contributed by atoms with van der Waals surface area (Å²) in [6.07, 6.45) is 0. The van der Waals surface area contributed by atoms with Crippen molar-refractivity contribution in [1.29, 1.82) is 0 Å². The van der Waals surface area contributed by atoms with E-state index in [1.807, 2.05) is 12.1 Å². The van der Waals surface area contributed by atoms with Crippen LogP contribution in [0.5, 0.6) is 0 Å².